The highest BCUT2D eigenvalue weighted by Crippen LogP contribution is 2.30. The maximum Gasteiger partial charge on any atom is 0.220 e. The van der Waals surface area contributed by atoms with Gasteiger partial charge in [0.05, 0.1) is 31.6 Å². The zero-order valence-corrected chi connectivity index (χ0v) is 12.1. The first-order valence-corrected chi connectivity index (χ1v) is 6.61. The first-order valence-electron chi connectivity index (χ1n) is 5.73. The van der Waals surface area contributed by atoms with Crippen molar-refractivity contribution >= 4 is 11.8 Å². The molecule has 0 saturated carbocycles. The van der Waals surface area contributed by atoms with Crippen LogP contribution in [0, 0.1) is 17.2 Å². The molecule has 1 heterocycles. The van der Waals surface area contributed by atoms with Gasteiger partial charge in [-0.3, -0.25) is 0 Å². The number of aliphatic hydroxyl groups is 1. The summed E-state index contributed by atoms with van der Waals surface area (Å²) in [4.78, 5) is 8.34. The van der Waals surface area contributed by atoms with Crippen molar-refractivity contribution in [2.45, 2.75) is 30.4 Å². The third kappa shape index (κ3) is 4.26. The molecule has 0 amide bonds. The monoisotopic (exact) mass is 283 g/mol. The van der Waals surface area contributed by atoms with E-state index in [0.717, 1.165) is 0 Å². The first-order chi connectivity index (χ1) is 9.01. The summed E-state index contributed by atoms with van der Waals surface area (Å²) < 4.78 is 10.1. The quantitative estimate of drug-likeness (QED) is 0.480. The van der Waals surface area contributed by atoms with Crippen LogP contribution in [0.4, 0.5) is 0 Å². The highest BCUT2D eigenvalue weighted by molar-refractivity contribution is 7.99. The summed E-state index contributed by atoms with van der Waals surface area (Å²) in [7, 11) is 3.00. The van der Waals surface area contributed by atoms with E-state index in [1.807, 2.05) is 19.9 Å². The second-order valence-electron chi connectivity index (χ2n) is 4.14. The third-order valence-corrected chi connectivity index (χ3v) is 3.89. The molecule has 0 fully saturated rings. The molecule has 0 spiro atoms. The number of ether oxygens (including phenoxy) is 2. The van der Waals surface area contributed by atoms with Gasteiger partial charge in [-0.15, -0.1) is 0 Å². The lowest BCUT2D eigenvalue weighted by molar-refractivity contribution is 0.209. The molecule has 19 heavy (non-hydrogen) atoms. The van der Waals surface area contributed by atoms with E-state index >= 15 is 0 Å². The van der Waals surface area contributed by atoms with Gasteiger partial charge in [-0.25, -0.2) is 0 Å². The fraction of sp³-hybridized carbons (Fsp3) is 0.583. The molecule has 2 unspecified atom stereocenters. The van der Waals surface area contributed by atoms with Gasteiger partial charge in [0.25, 0.3) is 0 Å². The lowest BCUT2D eigenvalue weighted by atomic mass is 10.1. The first kappa shape index (κ1) is 15.5. The molecule has 1 aromatic heterocycles. The van der Waals surface area contributed by atoms with E-state index in [0.29, 0.717) is 16.9 Å². The van der Waals surface area contributed by atoms with Crippen molar-refractivity contribution < 1.29 is 14.6 Å². The molecule has 0 radical (unpaired) electrons. The maximum atomic E-state index is 9.70. The van der Waals surface area contributed by atoms with Crippen molar-refractivity contribution in [3.8, 4) is 17.8 Å². The summed E-state index contributed by atoms with van der Waals surface area (Å²) in [5.74, 6) is 0.854. The largest absolute Gasteiger partial charge is 0.481 e. The van der Waals surface area contributed by atoms with Crippen LogP contribution in [0.2, 0.25) is 0 Å². The average molecular weight is 283 g/mol. The average Bonchev–Trinajstić information content (AvgIpc) is 2.43. The third-order valence-electron chi connectivity index (χ3n) is 2.42. The molecular weight excluding hydrogens is 266 g/mol. The number of hydrogen-bond donors (Lipinski definition) is 1. The van der Waals surface area contributed by atoms with Crippen LogP contribution < -0.4 is 9.47 Å². The van der Waals surface area contributed by atoms with Crippen LogP contribution in [0.25, 0.3) is 0 Å². The predicted molar refractivity (Wildman–Crippen MR) is 71.2 cm³/mol. The van der Waals surface area contributed by atoms with Crippen LogP contribution in [0.1, 0.15) is 13.8 Å². The van der Waals surface area contributed by atoms with Gasteiger partial charge < -0.3 is 14.6 Å². The van der Waals surface area contributed by atoms with Crippen molar-refractivity contribution in [3.63, 3.8) is 0 Å². The number of nitriles is 1. The fourth-order valence-corrected chi connectivity index (χ4v) is 2.40. The second-order valence-corrected chi connectivity index (χ2v) is 5.28. The van der Waals surface area contributed by atoms with E-state index in [2.05, 4.69) is 9.97 Å². The van der Waals surface area contributed by atoms with Crippen molar-refractivity contribution in [3.05, 3.63) is 6.07 Å². The molecular formula is C12H17N3O3S. The number of hydrogen-bond acceptors (Lipinski definition) is 7. The van der Waals surface area contributed by atoms with Crippen LogP contribution in [0.3, 0.4) is 0 Å². The molecule has 2 atom stereocenters. The number of aromatic nitrogens is 2. The van der Waals surface area contributed by atoms with Crippen LogP contribution in [0.15, 0.2) is 11.2 Å². The standard InChI is InChI=1S/C12H17N3O3S/c1-7(2)11(8(16)6-13)19-12-14-9(17-3)5-10(15-12)18-4/h5,7-8,11,16H,1-4H3. The second kappa shape index (κ2) is 7.16. The van der Waals surface area contributed by atoms with Crippen molar-refractivity contribution in [1.29, 1.82) is 5.26 Å². The van der Waals surface area contributed by atoms with Crippen molar-refractivity contribution in [2.75, 3.05) is 14.2 Å². The van der Waals surface area contributed by atoms with Crippen LogP contribution in [0.5, 0.6) is 11.8 Å². The van der Waals surface area contributed by atoms with Gasteiger partial charge in [0.2, 0.25) is 11.8 Å². The summed E-state index contributed by atoms with van der Waals surface area (Å²) >= 11 is 1.23. The fourth-order valence-electron chi connectivity index (χ4n) is 1.41. The van der Waals surface area contributed by atoms with Gasteiger partial charge in [0, 0.05) is 0 Å². The van der Waals surface area contributed by atoms with Crippen LogP contribution in [-0.2, 0) is 0 Å². The highest BCUT2D eigenvalue weighted by atomic mass is 32.2. The molecule has 0 saturated heterocycles. The van der Waals surface area contributed by atoms with E-state index in [1.54, 1.807) is 6.07 Å². The number of rotatable bonds is 6. The Kier molecular flexibility index (Phi) is 5.86. The molecule has 0 aliphatic rings. The number of aliphatic hydroxyl groups excluding tert-OH is 1. The van der Waals surface area contributed by atoms with E-state index < -0.39 is 6.10 Å². The van der Waals surface area contributed by atoms with Crippen molar-refractivity contribution in [2.24, 2.45) is 5.92 Å². The van der Waals surface area contributed by atoms with E-state index in [4.69, 9.17) is 14.7 Å². The van der Waals surface area contributed by atoms with Gasteiger partial charge in [0.1, 0.15) is 0 Å². The molecule has 1 aromatic rings. The zero-order chi connectivity index (χ0) is 14.4. The minimum atomic E-state index is -1.08. The Morgan fingerprint density at radius 1 is 1.26 bits per heavy atom. The van der Waals surface area contributed by atoms with Gasteiger partial charge in [-0.05, 0) is 5.92 Å². The minimum Gasteiger partial charge on any atom is -0.481 e. The molecule has 0 aliphatic heterocycles. The van der Waals surface area contributed by atoms with Gasteiger partial charge in [-0.2, -0.15) is 15.2 Å². The summed E-state index contributed by atoms with van der Waals surface area (Å²) in [6.45, 7) is 3.85. The van der Waals surface area contributed by atoms with Gasteiger partial charge >= 0.3 is 0 Å². The molecule has 0 aromatic carbocycles. The Morgan fingerprint density at radius 3 is 2.16 bits per heavy atom. The molecule has 1 rings (SSSR count). The number of methoxy groups -OCH3 is 2. The highest BCUT2D eigenvalue weighted by Gasteiger charge is 2.25. The summed E-state index contributed by atoms with van der Waals surface area (Å²) in [6.07, 6.45) is -1.08. The SMILES string of the molecule is COc1cc(OC)nc(SC(C(C)C)C(O)C#N)n1. The summed E-state index contributed by atoms with van der Waals surface area (Å²) in [6, 6.07) is 3.41. The Morgan fingerprint density at radius 2 is 1.79 bits per heavy atom. The Bertz CT molecular complexity index is 440. The lowest BCUT2D eigenvalue weighted by Crippen LogP contribution is -2.26. The molecule has 104 valence electrons. The normalized spacial score (nSPS) is 13.7. The molecule has 7 heteroatoms. The summed E-state index contributed by atoms with van der Waals surface area (Å²) in [5.41, 5.74) is 0. The molecule has 6 nitrogen and oxygen atoms in total. The van der Waals surface area contributed by atoms with E-state index in [1.165, 1.54) is 26.0 Å². The van der Waals surface area contributed by atoms with E-state index in [-0.39, 0.29) is 11.2 Å². The molecule has 0 bridgehead atoms. The van der Waals surface area contributed by atoms with Crippen molar-refractivity contribution in [1.82, 2.24) is 9.97 Å². The van der Waals surface area contributed by atoms with E-state index in [9.17, 15) is 5.11 Å². The lowest BCUT2D eigenvalue weighted by Gasteiger charge is -2.20. The predicted octanol–water partition coefficient (Wildman–Crippen LogP) is 1.49. The zero-order valence-electron chi connectivity index (χ0n) is 11.3. The number of nitrogens with zero attached hydrogens (tertiary/aromatic N) is 3. The van der Waals surface area contributed by atoms with Gasteiger partial charge in [0.15, 0.2) is 11.3 Å². The smallest absolute Gasteiger partial charge is 0.220 e. The Labute approximate surface area is 116 Å². The van der Waals surface area contributed by atoms with Crippen LogP contribution in [-0.4, -0.2) is 40.6 Å². The Hall–Kier alpha value is -1.52. The maximum absolute atomic E-state index is 9.70. The summed E-state index contributed by atoms with van der Waals surface area (Å²) in [5, 5.41) is 18.6. The van der Waals surface area contributed by atoms with Crippen LogP contribution >= 0.6 is 11.8 Å². The topological polar surface area (TPSA) is 88.3 Å². The Balaban J connectivity index is 2.99. The minimum absolute atomic E-state index is 0.0976. The molecule has 1 N–H and O–H groups in total. The van der Waals surface area contributed by atoms with Gasteiger partial charge in [-0.1, -0.05) is 25.6 Å². The molecule has 0 aliphatic carbocycles. The number of thioether (sulfide) groups is 1.